The van der Waals surface area contributed by atoms with Crippen molar-refractivity contribution in [2.45, 2.75) is 25.7 Å². The van der Waals surface area contributed by atoms with Gasteiger partial charge in [0.15, 0.2) is 0 Å². The lowest BCUT2D eigenvalue weighted by Crippen LogP contribution is -2.13. The van der Waals surface area contributed by atoms with Gasteiger partial charge in [0.05, 0.1) is 5.56 Å². The van der Waals surface area contributed by atoms with Crippen molar-refractivity contribution in [3.63, 3.8) is 0 Å². The van der Waals surface area contributed by atoms with Crippen molar-refractivity contribution >= 4 is 17.2 Å². The normalized spacial score (nSPS) is 15.7. The monoisotopic (exact) mass is 181 g/mol. The van der Waals surface area contributed by atoms with Crippen LogP contribution in [0.4, 0.5) is 0 Å². The van der Waals surface area contributed by atoms with E-state index >= 15 is 0 Å². The van der Waals surface area contributed by atoms with E-state index in [0.717, 1.165) is 18.4 Å². The highest BCUT2D eigenvalue weighted by molar-refractivity contribution is 7.10. The molecule has 2 nitrogen and oxygen atoms in total. The average molecular weight is 181 g/mol. The minimum absolute atomic E-state index is 0.269. The van der Waals surface area contributed by atoms with Crippen molar-refractivity contribution in [2.24, 2.45) is 5.73 Å². The van der Waals surface area contributed by atoms with Crippen molar-refractivity contribution in [1.82, 2.24) is 0 Å². The number of thiophene rings is 1. The predicted octanol–water partition coefficient (Wildman–Crippen LogP) is 1.73. The SMILES string of the molecule is NC(=O)c1csc2c1CCCC2. The number of fused-ring (bicyclic) bond motifs is 1. The van der Waals surface area contributed by atoms with Crippen LogP contribution < -0.4 is 5.73 Å². The third-order valence-corrected chi connectivity index (χ3v) is 3.42. The van der Waals surface area contributed by atoms with Crippen LogP contribution in [0.2, 0.25) is 0 Å². The number of aryl methyl sites for hydroxylation is 1. The molecule has 2 N–H and O–H groups in total. The third kappa shape index (κ3) is 1.14. The summed E-state index contributed by atoms with van der Waals surface area (Å²) in [5.74, 6) is -0.269. The van der Waals surface area contributed by atoms with Gasteiger partial charge in [0, 0.05) is 10.3 Å². The van der Waals surface area contributed by atoms with E-state index < -0.39 is 0 Å². The van der Waals surface area contributed by atoms with E-state index in [4.69, 9.17) is 5.73 Å². The van der Waals surface area contributed by atoms with E-state index in [-0.39, 0.29) is 5.91 Å². The van der Waals surface area contributed by atoms with Gasteiger partial charge in [-0.15, -0.1) is 11.3 Å². The zero-order valence-electron chi connectivity index (χ0n) is 6.80. The first kappa shape index (κ1) is 7.80. The molecule has 0 saturated carbocycles. The molecule has 0 spiro atoms. The van der Waals surface area contributed by atoms with E-state index in [9.17, 15) is 4.79 Å². The molecular formula is C9H11NOS. The lowest BCUT2D eigenvalue weighted by molar-refractivity contribution is 0.0999. The zero-order valence-corrected chi connectivity index (χ0v) is 7.62. The molecule has 1 aliphatic carbocycles. The van der Waals surface area contributed by atoms with Crippen molar-refractivity contribution < 1.29 is 4.79 Å². The van der Waals surface area contributed by atoms with Crippen LogP contribution in [0.1, 0.15) is 33.6 Å². The van der Waals surface area contributed by atoms with Crippen LogP contribution in [0, 0.1) is 0 Å². The van der Waals surface area contributed by atoms with Gasteiger partial charge in [0.25, 0.3) is 0 Å². The van der Waals surface area contributed by atoms with Crippen LogP contribution in [0.3, 0.4) is 0 Å². The summed E-state index contributed by atoms with van der Waals surface area (Å²) < 4.78 is 0. The maximum Gasteiger partial charge on any atom is 0.249 e. The molecule has 2 rings (SSSR count). The highest BCUT2D eigenvalue weighted by Gasteiger charge is 2.17. The summed E-state index contributed by atoms with van der Waals surface area (Å²) in [5.41, 5.74) is 7.23. The zero-order chi connectivity index (χ0) is 8.55. The predicted molar refractivity (Wildman–Crippen MR) is 49.5 cm³/mol. The van der Waals surface area contributed by atoms with Crippen molar-refractivity contribution in [3.8, 4) is 0 Å². The summed E-state index contributed by atoms with van der Waals surface area (Å²) in [5, 5.41) is 1.90. The molecule has 1 aliphatic rings. The van der Waals surface area contributed by atoms with E-state index in [2.05, 4.69) is 0 Å². The van der Waals surface area contributed by atoms with Gasteiger partial charge >= 0.3 is 0 Å². The second-order valence-electron chi connectivity index (χ2n) is 3.12. The number of primary amides is 1. The number of carbonyl (C=O) groups excluding carboxylic acids is 1. The Morgan fingerprint density at radius 2 is 2.17 bits per heavy atom. The van der Waals surface area contributed by atoms with E-state index in [0.29, 0.717) is 0 Å². The number of carbonyl (C=O) groups is 1. The second kappa shape index (κ2) is 2.90. The van der Waals surface area contributed by atoms with Gasteiger partial charge < -0.3 is 5.73 Å². The minimum atomic E-state index is -0.269. The van der Waals surface area contributed by atoms with Gasteiger partial charge in [-0.05, 0) is 31.2 Å². The minimum Gasteiger partial charge on any atom is -0.366 e. The van der Waals surface area contributed by atoms with Crippen LogP contribution in [0.5, 0.6) is 0 Å². The quantitative estimate of drug-likeness (QED) is 0.704. The molecule has 64 valence electrons. The third-order valence-electron chi connectivity index (χ3n) is 2.33. The first-order valence-electron chi connectivity index (χ1n) is 4.18. The molecule has 0 aromatic carbocycles. The number of rotatable bonds is 1. The Morgan fingerprint density at radius 3 is 2.92 bits per heavy atom. The van der Waals surface area contributed by atoms with Gasteiger partial charge in [0.1, 0.15) is 0 Å². The molecule has 0 saturated heterocycles. The van der Waals surface area contributed by atoms with Gasteiger partial charge in [-0.2, -0.15) is 0 Å². The standard InChI is InChI=1S/C9H11NOS/c10-9(11)7-5-12-8-4-2-1-3-6(7)8/h5H,1-4H2,(H2,10,11). The largest absolute Gasteiger partial charge is 0.366 e. The summed E-state index contributed by atoms with van der Waals surface area (Å²) in [4.78, 5) is 12.3. The molecule has 0 unspecified atom stereocenters. The first-order chi connectivity index (χ1) is 5.79. The van der Waals surface area contributed by atoms with Crippen molar-refractivity contribution in [3.05, 3.63) is 21.4 Å². The Labute approximate surface area is 75.4 Å². The molecule has 1 aromatic heterocycles. The number of hydrogen-bond donors (Lipinski definition) is 1. The Bertz CT molecular complexity index is 316. The molecule has 12 heavy (non-hydrogen) atoms. The van der Waals surface area contributed by atoms with E-state index in [1.807, 2.05) is 5.38 Å². The van der Waals surface area contributed by atoms with Gasteiger partial charge in [-0.3, -0.25) is 4.79 Å². The molecule has 0 aliphatic heterocycles. The second-order valence-corrected chi connectivity index (χ2v) is 4.09. The number of amides is 1. The highest BCUT2D eigenvalue weighted by atomic mass is 32.1. The lowest BCUT2D eigenvalue weighted by atomic mass is 9.96. The maximum absolute atomic E-state index is 11.0. The van der Waals surface area contributed by atoms with Crippen LogP contribution in [-0.2, 0) is 12.8 Å². The van der Waals surface area contributed by atoms with Gasteiger partial charge in [-0.25, -0.2) is 0 Å². The summed E-state index contributed by atoms with van der Waals surface area (Å²) >= 11 is 1.68. The first-order valence-corrected chi connectivity index (χ1v) is 5.06. The molecular weight excluding hydrogens is 170 g/mol. The molecule has 0 radical (unpaired) electrons. The summed E-state index contributed by atoms with van der Waals surface area (Å²) in [6, 6.07) is 0. The highest BCUT2D eigenvalue weighted by Crippen LogP contribution is 2.29. The van der Waals surface area contributed by atoms with Crippen molar-refractivity contribution in [2.75, 3.05) is 0 Å². The maximum atomic E-state index is 11.0. The number of nitrogens with two attached hydrogens (primary N) is 1. The fraction of sp³-hybridized carbons (Fsp3) is 0.444. The lowest BCUT2D eigenvalue weighted by Gasteiger charge is -2.10. The fourth-order valence-electron chi connectivity index (χ4n) is 1.70. The van der Waals surface area contributed by atoms with Gasteiger partial charge in [-0.1, -0.05) is 0 Å². The molecule has 1 amide bonds. The Hall–Kier alpha value is -0.830. The van der Waals surface area contributed by atoms with E-state index in [1.54, 1.807) is 11.3 Å². The smallest absolute Gasteiger partial charge is 0.249 e. The number of hydrogen-bond acceptors (Lipinski definition) is 2. The molecule has 1 aromatic rings. The Morgan fingerprint density at radius 1 is 1.42 bits per heavy atom. The Balaban J connectivity index is 2.44. The topological polar surface area (TPSA) is 43.1 Å². The molecule has 1 heterocycles. The molecule has 3 heteroatoms. The molecule has 0 fully saturated rings. The molecule has 0 atom stereocenters. The summed E-state index contributed by atoms with van der Waals surface area (Å²) in [6.45, 7) is 0. The van der Waals surface area contributed by atoms with Crippen molar-refractivity contribution in [1.29, 1.82) is 0 Å². The summed E-state index contributed by atoms with van der Waals surface area (Å²) in [6.07, 6.45) is 4.63. The van der Waals surface area contributed by atoms with Crippen LogP contribution in [0.25, 0.3) is 0 Å². The molecule has 0 bridgehead atoms. The Kier molecular flexibility index (Phi) is 1.89. The fourth-order valence-corrected chi connectivity index (χ4v) is 2.84. The van der Waals surface area contributed by atoms with Crippen LogP contribution in [-0.4, -0.2) is 5.91 Å². The van der Waals surface area contributed by atoms with Crippen LogP contribution >= 0.6 is 11.3 Å². The average Bonchev–Trinajstić information content (AvgIpc) is 2.47. The van der Waals surface area contributed by atoms with Crippen LogP contribution in [0.15, 0.2) is 5.38 Å². The van der Waals surface area contributed by atoms with E-state index in [1.165, 1.54) is 23.3 Å². The summed E-state index contributed by atoms with van der Waals surface area (Å²) in [7, 11) is 0. The van der Waals surface area contributed by atoms with Gasteiger partial charge in [0.2, 0.25) is 5.91 Å².